The maximum atomic E-state index is 11.0. The second kappa shape index (κ2) is 13.3. The first-order chi connectivity index (χ1) is 7.81. The minimum atomic E-state index is -0.530. The maximum absolute atomic E-state index is 11.0. The molecule has 0 N–H and O–H groups in total. The molecule has 0 radical (unpaired) electrons. The molecule has 96 valence electrons. The van der Waals surface area contributed by atoms with Crippen LogP contribution in [-0.2, 0) is 9.47 Å². The number of hydrogen-bond donors (Lipinski definition) is 0. The molecular formula is C11H20Br2O3. The van der Waals surface area contributed by atoms with Crippen LogP contribution in [0.1, 0.15) is 38.5 Å². The number of ether oxygens (including phenoxy) is 2. The van der Waals surface area contributed by atoms with Gasteiger partial charge in [-0.25, -0.2) is 4.79 Å². The highest BCUT2D eigenvalue weighted by Gasteiger charge is 2.02. The van der Waals surface area contributed by atoms with Gasteiger partial charge in [0.05, 0.1) is 13.2 Å². The van der Waals surface area contributed by atoms with E-state index in [0.717, 1.165) is 49.2 Å². The largest absolute Gasteiger partial charge is 0.508 e. The summed E-state index contributed by atoms with van der Waals surface area (Å²) in [6, 6.07) is 0. The Balaban J connectivity index is 3.12. The summed E-state index contributed by atoms with van der Waals surface area (Å²) in [5, 5.41) is 2.01. The van der Waals surface area contributed by atoms with Crippen molar-refractivity contribution in [2.75, 3.05) is 23.9 Å². The molecule has 0 aromatic carbocycles. The first kappa shape index (κ1) is 16.2. The molecule has 0 atom stereocenters. The molecule has 0 unspecified atom stereocenters. The zero-order valence-electron chi connectivity index (χ0n) is 9.55. The number of carbonyl (C=O) groups excluding carboxylic acids is 1. The molecule has 3 nitrogen and oxygen atoms in total. The molecule has 0 bridgehead atoms. The van der Waals surface area contributed by atoms with Crippen molar-refractivity contribution in [3.05, 3.63) is 0 Å². The van der Waals surface area contributed by atoms with Crippen molar-refractivity contribution in [1.82, 2.24) is 0 Å². The van der Waals surface area contributed by atoms with Gasteiger partial charge in [-0.05, 0) is 38.5 Å². The Morgan fingerprint density at radius 3 is 1.56 bits per heavy atom. The number of hydrogen-bond acceptors (Lipinski definition) is 3. The van der Waals surface area contributed by atoms with Crippen LogP contribution < -0.4 is 0 Å². The van der Waals surface area contributed by atoms with Crippen molar-refractivity contribution >= 4 is 38.0 Å². The lowest BCUT2D eigenvalue weighted by molar-refractivity contribution is 0.0531. The summed E-state index contributed by atoms with van der Waals surface area (Å²) >= 11 is 6.70. The number of rotatable bonds is 10. The van der Waals surface area contributed by atoms with Gasteiger partial charge in [-0.3, -0.25) is 0 Å². The topological polar surface area (TPSA) is 35.5 Å². The van der Waals surface area contributed by atoms with Gasteiger partial charge in [-0.1, -0.05) is 31.9 Å². The third-order valence-electron chi connectivity index (χ3n) is 2.00. The smallest absolute Gasteiger partial charge is 0.434 e. The Bertz CT molecular complexity index is 149. The molecule has 16 heavy (non-hydrogen) atoms. The number of halogens is 2. The van der Waals surface area contributed by atoms with Crippen LogP contribution in [0.4, 0.5) is 4.79 Å². The second-order valence-corrected chi connectivity index (χ2v) is 5.03. The van der Waals surface area contributed by atoms with Crippen molar-refractivity contribution < 1.29 is 14.3 Å². The summed E-state index contributed by atoms with van der Waals surface area (Å²) in [4.78, 5) is 11.0. The normalized spacial score (nSPS) is 10.1. The summed E-state index contributed by atoms with van der Waals surface area (Å²) in [5.41, 5.74) is 0. The van der Waals surface area contributed by atoms with Gasteiger partial charge in [0.2, 0.25) is 0 Å². The van der Waals surface area contributed by atoms with Gasteiger partial charge in [0, 0.05) is 10.7 Å². The van der Waals surface area contributed by atoms with E-state index in [1.807, 2.05) is 0 Å². The van der Waals surface area contributed by atoms with Gasteiger partial charge in [0.25, 0.3) is 0 Å². The average molecular weight is 360 g/mol. The van der Waals surface area contributed by atoms with Crippen LogP contribution in [0, 0.1) is 0 Å². The van der Waals surface area contributed by atoms with Crippen LogP contribution in [0.15, 0.2) is 0 Å². The van der Waals surface area contributed by atoms with Gasteiger partial charge in [0.1, 0.15) is 0 Å². The Morgan fingerprint density at radius 2 is 1.19 bits per heavy atom. The van der Waals surface area contributed by atoms with Gasteiger partial charge in [0.15, 0.2) is 0 Å². The monoisotopic (exact) mass is 358 g/mol. The van der Waals surface area contributed by atoms with Gasteiger partial charge >= 0.3 is 6.16 Å². The molecule has 0 rings (SSSR count). The Morgan fingerprint density at radius 1 is 0.750 bits per heavy atom. The summed E-state index contributed by atoms with van der Waals surface area (Å²) in [7, 11) is 0. The Hall–Kier alpha value is 0.230. The average Bonchev–Trinajstić information content (AvgIpc) is 2.28. The van der Waals surface area contributed by atoms with Crippen LogP contribution in [-0.4, -0.2) is 30.0 Å². The molecular weight excluding hydrogens is 340 g/mol. The highest BCUT2D eigenvalue weighted by Crippen LogP contribution is 2.01. The van der Waals surface area contributed by atoms with E-state index in [0.29, 0.717) is 13.2 Å². The number of unbranched alkanes of at least 4 members (excludes halogenated alkanes) is 4. The first-order valence-corrected chi connectivity index (χ1v) is 7.97. The van der Waals surface area contributed by atoms with E-state index in [2.05, 4.69) is 31.9 Å². The molecule has 0 aromatic rings. The van der Waals surface area contributed by atoms with Gasteiger partial charge in [-0.2, -0.15) is 0 Å². The minimum Gasteiger partial charge on any atom is -0.434 e. The van der Waals surface area contributed by atoms with E-state index in [9.17, 15) is 4.79 Å². The predicted molar refractivity (Wildman–Crippen MR) is 72.6 cm³/mol. The van der Waals surface area contributed by atoms with Gasteiger partial charge < -0.3 is 9.47 Å². The zero-order valence-corrected chi connectivity index (χ0v) is 12.7. The van der Waals surface area contributed by atoms with Crippen LogP contribution in [0.25, 0.3) is 0 Å². The van der Waals surface area contributed by atoms with E-state index < -0.39 is 6.16 Å². The molecule has 0 aromatic heterocycles. The van der Waals surface area contributed by atoms with Gasteiger partial charge in [-0.15, -0.1) is 0 Å². The SMILES string of the molecule is O=C(OCCCCCBr)OCCCCCBr. The Labute approximate surface area is 115 Å². The van der Waals surface area contributed by atoms with Crippen LogP contribution in [0.5, 0.6) is 0 Å². The lowest BCUT2D eigenvalue weighted by atomic mass is 10.3. The van der Waals surface area contributed by atoms with E-state index in [1.165, 1.54) is 0 Å². The molecule has 0 fully saturated rings. The van der Waals surface area contributed by atoms with E-state index in [-0.39, 0.29) is 0 Å². The highest BCUT2D eigenvalue weighted by molar-refractivity contribution is 9.09. The predicted octanol–water partition coefficient (Wildman–Crippen LogP) is 4.27. The van der Waals surface area contributed by atoms with Crippen LogP contribution >= 0.6 is 31.9 Å². The lowest BCUT2D eigenvalue weighted by Gasteiger charge is -2.05. The lowest BCUT2D eigenvalue weighted by Crippen LogP contribution is -2.09. The molecule has 0 aliphatic carbocycles. The minimum absolute atomic E-state index is 0.466. The van der Waals surface area contributed by atoms with E-state index in [1.54, 1.807) is 0 Å². The fraction of sp³-hybridized carbons (Fsp3) is 0.909. The highest BCUT2D eigenvalue weighted by atomic mass is 79.9. The summed E-state index contributed by atoms with van der Waals surface area (Å²) in [5.74, 6) is 0. The first-order valence-electron chi connectivity index (χ1n) is 5.72. The summed E-state index contributed by atoms with van der Waals surface area (Å²) < 4.78 is 9.82. The fourth-order valence-electron chi connectivity index (χ4n) is 1.10. The van der Waals surface area contributed by atoms with Crippen molar-refractivity contribution in [1.29, 1.82) is 0 Å². The molecule has 0 amide bonds. The van der Waals surface area contributed by atoms with Crippen molar-refractivity contribution in [3.63, 3.8) is 0 Å². The van der Waals surface area contributed by atoms with Crippen molar-refractivity contribution in [2.45, 2.75) is 38.5 Å². The third-order valence-corrected chi connectivity index (χ3v) is 3.12. The quantitative estimate of drug-likeness (QED) is 0.332. The fourth-order valence-corrected chi connectivity index (χ4v) is 1.89. The molecule has 0 saturated carbocycles. The summed E-state index contributed by atoms with van der Waals surface area (Å²) in [6.07, 6.45) is 5.66. The number of alkyl halides is 2. The van der Waals surface area contributed by atoms with Crippen molar-refractivity contribution in [2.24, 2.45) is 0 Å². The van der Waals surface area contributed by atoms with E-state index in [4.69, 9.17) is 9.47 Å². The standard InChI is InChI=1S/C11H20Br2O3/c12-7-3-1-5-9-15-11(14)16-10-6-2-4-8-13/h1-10H2. The van der Waals surface area contributed by atoms with E-state index >= 15 is 0 Å². The molecule has 0 saturated heterocycles. The zero-order chi connectivity index (χ0) is 12.1. The van der Waals surface area contributed by atoms with Crippen molar-refractivity contribution in [3.8, 4) is 0 Å². The molecule has 0 aliphatic rings. The molecule has 5 heteroatoms. The number of carbonyl (C=O) groups is 1. The van der Waals surface area contributed by atoms with Crippen LogP contribution in [0.2, 0.25) is 0 Å². The second-order valence-electron chi connectivity index (χ2n) is 3.45. The summed E-state index contributed by atoms with van der Waals surface area (Å²) in [6.45, 7) is 0.931. The third kappa shape index (κ3) is 12.3. The molecule has 0 aliphatic heterocycles. The Kier molecular flexibility index (Phi) is 13.5. The molecule has 0 heterocycles. The maximum Gasteiger partial charge on any atom is 0.508 e. The molecule has 0 spiro atoms. The van der Waals surface area contributed by atoms with Crippen LogP contribution in [0.3, 0.4) is 0 Å².